The van der Waals surface area contributed by atoms with Crippen molar-refractivity contribution in [2.45, 2.75) is 30.7 Å². The molecule has 0 radical (unpaired) electrons. The molecule has 1 saturated heterocycles. The molecule has 6 heteroatoms. The van der Waals surface area contributed by atoms with Gasteiger partial charge in [-0.2, -0.15) is 0 Å². The monoisotopic (exact) mass is 370 g/mol. The van der Waals surface area contributed by atoms with Crippen molar-refractivity contribution in [3.8, 4) is 0 Å². The second-order valence-corrected chi connectivity index (χ2v) is 7.72. The van der Waals surface area contributed by atoms with E-state index < -0.39 is 0 Å². The van der Waals surface area contributed by atoms with Crippen LogP contribution in [0.5, 0.6) is 0 Å². The number of rotatable bonds is 5. The van der Waals surface area contributed by atoms with Crippen LogP contribution in [-0.4, -0.2) is 23.0 Å². The molecule has 21 heavy (non-hydrogen) atoms. The summed E-state index contributed by atoms with van der Waals surface area (Å²) in [6.07, 6.45) is 4.75. The molecule has 1 aliphatic heterocycles. The van der Waals surface area contributed by atoms with Crippen molar-refractivity contribution in [2.75, 3.05) is 13.2 Å². The number of halogens is 2. The van der Waals surface area contributed by atoms with Gasteiger partial charge < -0.3 is 9.30 Å². The Bertz CT molecular complexity index is 682. The number of nitrogens with one attached hydrogen (secondary N) is 1. The van der Waals surface area contributed by atoms with E-state index in [2.05, 4.69) is 31.4 Å². The Labute approximate surface area is 135 Å². The first-order chi connectivity index (χ1) is 10.2. The average molecular weight is 371 g/mol. The van der Waals surface area contributed by atoms with E-state index in [1.807, 2.05) is 6.07 Å². The van der Waals surface area contributed by atoms with Gasteiger partial charge in [-0.15, -0.1) is 0 Å². The first-order valence-electron chi connectivity index (χ1n) is 7.17. The molecule has 2 aliphatic rings. The van der Waals surface area contributed by atoms with Crippen LogP contribution in [0.1, 0.15) is 24.4 Å². The van der Waals surface area contributed by atoms with E-state index in [9.17, 15) is 4.39 Å². The Morgan fingerprint density at radius 1 is 1.38 bits per heavy atom. The number of aromatic nitrogens is 1. The Kier molecular flexibility index (Phi) is 3.73. The maximum Gasteiger partial charge on any atom is 0.138 e. The minimum absolute atomic E-state index is 0.207. The summed E-state index contributed by atoms with van der Waals surface area (Å²) < 4.78 is 25.3. The highest BCUT2D eigenvalue weighted by Crippen LogP contribution is 2.34. The molecule has 1 saturated carbocycles. The number of benzene rings is 1. The fraction of sp³-hybridized carbons (Fsp3) is 0.467. The summed E-state index contributed by atoms with van der Waals surface area (Å²) in [5.74, 6) is -0.207. The third-order valence-corrected chi connectivity index (χ3v) is 5.73. The lowest BCUT2D eigenvalue weighted by Gasteiger charge is -2.28. The van der Waals surface area contributed by atoms with Crippen LogP contribution in [-0.2, 0) is 11.3 Å². The maximum absolute atomic E-state index is 13.9. The number of ether oxygens (including phenoxy) is 1. The number of fused-ring (bicyclic) bond motifs is 1. The van der Waals surface area contributed by atoms with Crippen molar-refractivity contribution in [3.63, 3.8) is 0 Å². The Morgan fingerprint density at radius 3 is 2.86 bits per heavy atom. The Balaban J connectivity index is 1.68. The number of nitrogens with zero attached hydrogens (tertiary/aromatic N) is 1. The van der Waals surface area contributed by atoms with E-state index in [4.69, 9.17) is 4.74 Å². The van der Waals surface area contributed by atoms with Gasteiger partial charge in [0.05, 0.1) is 29.2 Å². The molecule has 2 fully saturated rings. The quantitative estimate of drug-likeness (QED) is 0.805. The minimum atomic E-state index is -0.207. The summed E-state index contributed by atoms with van der Waals surface area (Å²) in [6, 6.07) is 3.88. The highest BCUT2D eigenvalue weighted by Gasteiger charge is 2.25. The molecule has 1 aromatic carbocycles. The van der Waals surface area contributed by atoms with Gasteiger partial charge in [0.15, 0.2) is 0 Å². The van der Waals surface area contributed by atoms with Gasteiger partial charge in [0, 0.05) is 23.4 Å². The summed E-state index contributed by atoms with van der Waals surface area (Å²) in [5, 5.41) is 1.76. The summed E-state index contributed by atoms with van der Waals surface area (Å²) in [5.41, 5.74) is 2.22. The topological polar surface area (TPSA) is 26.2 Å². The number of hydrogen-bond donors (Lipinski definition) is 1. The van der Waals surface area contributed by atoms with Gasteiger partial charge in [0.25, 0.3) is 0 Å². The van der Waals surface area contributed by atoms with Crippen LogP contribution < -0.4 is 4.72 Å². The first kappa shape index (κ1) is 14.1. The fourth-order valence-electron chi connectivity index (χ4n) is 2.56. The van der Waals surface area contributed by atoms with E-state index in [0.717, 1.165) is 41.5 Å². The van der Waals surface area contributed by atoms with Crippen LogP contribution in [0.2, 0.25) is 0 Å². The zero-order valence-electron chi connectivity index (χ0n) is 11.4. The molecule has 2 aromatic rings. The average Bonchev–Trinajstić information content (AvgIpc) is 3.16. The van der Waals surface area contributed by atoms with Gasteiger partial charge in [-0.05, 0) is 46.5 Å². The van der Waals surface area contributed by atoms with Gasteiger partial charge in [-0.1, -0.05) is 11.9 Å². The summed E-state index contributed by atoms with van der Waals surface area (Å²) in [7, 11) is 0. The molecule has 4 rings (SSSR count). The van der Waals surface area contributed by atoms with Crippen molar-refractivity contribution in [3.05, 3.63) is 34.2 Å². The lowest BCUT2D eigenvalue weighted by molar-refractivity contribution is -0.0214. The lowest BCUT2D eigenvalue weighted by Crippen LogP contribution is -2.30. The standard InChI is InChI=1S/C15H16BrFN2OS/c16-13-4-15-12(3-14(13)17)9(5-18-21-11-1-2-11)6-19(15)10-7-20-8-10/h3-4,6,10-11,18H,1-2,5,7-8H2. The smallest absolute Gasteiger partial charge is 0.138 e. The van der Waals surface area contributed by atoms with Gasteiger partial charge in [0.1, 0.15) is 5.82 Å². The minimum Gasteiger partial charge on any atom is -0.377 e. The van der Waals surface area contributed by atoms with E-state index in [-0.39, 0.29) is 5.82 Å². The Hall–Kier alpha value is -0.560. The van der Waals surface area contributed by atoms with E-state index in [1.165, 1.54) is 12.8 Å². The van der Waals surface area contributed by atoms with Crippen molar-refractivity contribution in [1.29, 1.82) is 0 Å². The molecule has 2 heterocycles. The largest absolute Gasteiger partial charge is 0.377 e. The van der Waals surface area contributed by atoms with Crippen LogP contribution in [0, 0.1) is 5.82 Å². The molecule has 0 unspecified atom stereocenters. The molecule has 1 N–H and O–H groups in total. The predicted molar refractivity (Wildman–Crippen MR) is 86.9 cm³/mol. The molecule has 1 aliphatic carbocycles. The fourth-order valence-corrected chi connectivity index (χ4v) is 3.74. The van der Waals surface area contributed by atoms with Gasteiger partial charge in [0.2, 0.25) is 0 Å². The second kappa shape index (κ2) is 5.57. The molecular formula is C15H16BrFN2OS. The van der Waals surface area contributed by atoms with Gasteiger partial charge in [-0.25, -0.2) is 4.39 Å². The molecular weight excluding hydrogens is 355 g/mol. The maximum atomic E-state index is 13.9. The SMILES string of the molecule is Fc1cc2c(CNSC3CC3)cn(C3COC3)c2cc1Br. The van der Waals surface area contributed by atoms with Crippen molar-refractivity contribution in [1.82, 2.24) is 9.29 Å². The van der Waals surface area contributed by atoms with Crippen LogP contribution >= 0.6 is 27.9 Å². The lowest BCUT2D eigenvalue weighted by atomic mass is 10.1. The van der Waals surface area contributed by atoms with Gasteiger partial charge >= 0.3 is 0 Å². The van der Waals surface area contributed by atoms with E-state index in [1.54, 1.807) is 18.0 Å². The van der Waals surface area contributed by atoms with Crippen molar-refractivity contribution in [2.24, 2.45) is 0 Å². The molecule has 3 nitrogen and oxygen atoms in total. The number of hydrogen-bond acceptors (Lipinski definition) is 3. The molecule has 0 spiro atoms. The molecule has 1 aromatic heterocycles. The third-order valence-electron chi connectivity index (χ3n) is 4.01. The molecule has 0 bridgehead atoms. The normalized spacial score (nSPS) is 19.1. The highest BCUT2D eigenvalue weighted by molar-refractivity contribution is 9.10. The zero-order chi connectivity index (χ0) is 14.4. The van der Waals surface area contributed by atoms with Crippen LogP contribution in [0.4, 0.5) is 4.39 Å². The predicted octanol–water partition coefficient (Wildman–Crippen LogP) is 4.01. The zero-order valence-corrected chi connectivity index (χ0v) is 13.8. The Morgan fingerprint density at radius 2 is 2.19 bits per heavy atom. The van der Waals surface area contributed by atoms with E-state index >= 15 is 0 Å². The summed E-state index contributed by atoms with van der Waals surface area (Å²) >= 11 is 5.09. The van der Waals surface area contributed by atoms with E-state index in [0.29, 0.717) is 10.5 Å². The van der Waals surface area contributed by atoms with Crippen LogP contribution in [0.25, 0.3) is 10.9 Å². The molecule has 112 valence electrons. The summed E-state index contributed by atoms with van der Waals surface area (Å²) in [4.78, 5) is 0. The molecule has 0 atom stereocenters. The first-order valence-corrected chi connectivity index (χ1v) is 8.84. The van der Waals surface area contributed by atoms with Crippen molar-refractivity contribution >= 4 is 38.8 Å². The van der Waals surface area contributed by atoms with Crippen molar-refractivity contribution < 1.29 is 9.13 Å². The van der Waals surface area contributed by atoms with Gasteiger partial charge in [-0.3, -0.25) is 4.72 Å². The van der Waals surface area contributed by atoms with Crippen LogP contribution in [0.3, 0.4) is 0 Å². The molecule has 0 amide bonds. The summed E-state index contributed by atoms with van der Waals surface area (Å²) in [6.45, 7) is 2.24. The van der Waals surface area contributed by atoms with Crippen LogP contribution in [0.15, 0.2) is 22.8 Å². The highest BCUT2D eigenvalue weighted by atomic mass is 79.9. The third kappa shape index (κ3) is 2.74. The second-order valence-electron chi connectivity index (χ2n) is 5.67.